The SMILES string of the molecule is O=C(CNC(=O)N1CCCC(C(=O)O)C1)NCC1CC1. The van der Waals surface area contributed by atoms with Gasteiger partial charge in [-0.15, -0.1) is 0 Å². The lowest BCUT2D eigenvalue weighted by Crippen LogP contribution is -2.49. The first kappa shape index (κ1) is 14.6. The zero-order valence-electron chi connectivity index (χ0n) is 11.4. The molecule has 0 bridgehead atoms. The molecule has 7 heteroatoms. The highest BCUT2D eigenvalue weighted by molar-refractivity contribution is 5.84. The van der Waals surface area contributed by atoms with Gasteiger partial charge in [0.05, 0.1) is 12.5 Å². The van der Waals surface area contributed by atoms with E-state index >= 15 is 0 Å². The number of nitrogens with one attached hydrogen (secondary N) is 2. The Balaban J connectivity index is 1.67. The van der Waals surface area contributed by atoms with E-state index in [0.717, 1.165) is 12.8 Å². The van der Waals surface area contributed by atoms with Gasteiger partial charge >= 0.3 is 12.0 Å². The lowest BCUT2D eigenvalue weighted by molar-refractivity contribution is -0.143. The summed E-state index contributed by atoms with van der Waals surface area (Å²) in [4.78, 5) is 35.7. The molecule has 112 valence electrons. The molecule has 1 atom stereocenters. The van der Waals surface area contributed by atoms with Crippen LogP contribution in [0.25, 0.3) is 0 Å². The summed E-state index contributed by atoms with van der Waals surface area (Å²) in [6, 6.07) is -0.363. The summed E-state index contributed by atoms with van der Waals surface area (Å²) in [6.07, 6.45) is 3.60. The molecule has 2 rings (SSSR count). The summed E-state index contributed by atoms with van der Waals surface area (Å²) in [6.45, 7) is 1.38. The molecule has 0 aromatic rings. The molecule has 1 unspecified atom stereocenters. The average Bonchev–Trinajstić information content (AvgIpc) is 3.26. The smallest absolute Gasteiger partial charge is 0.317 e. The molecule has 0 aromatic carbocycles. The number of piperidine rings is 1. The van der Waals surface area contributed by atoms with Gasteiger partial charge in [-0.2, -0.15) is 0 Å². The largest absolute Gasteiger partial charge is 0.481 e. The number of carboxylic acid groups (broad SMARTS) is 1. The van der Waals surface area contributed by atoms with Crippen molar-refractivity contribution in [1.29, 1.82) is 0 Å². The average molecular weight is 283 g/mol. The number of amides is 3. The summed E-state index contributed by atoms with van der Waals surface area (Å²) in [5.74, 6) is -0.965. The maximum absolute atomic E-state index is 11.9. The van der Waals surface area contributed by atoms with Crippen molar-refractivity contribution in [2.75, 3.05) is 26.2 Å². The Morgan fingerprint density at radius 2 is 1.90 bits per heavy atom. The van der Waals surface area contributed by atoms with Crippen LogP contribution in [0.2, 0.25) is 0 Å². The molecular weight excluding hydrogens is 262 g/mol. The van der Waals surface area contributed by atoms with E-state index in [0.29, 0.717) is 31.8 Å². The van der Waals surface area contributed by atoms with Crippen LogP contribution in [0.5, 0.6) is 0 Å². The van der Waals surface area contributed by atoms with Gasteiger partial charge in [-0.05, 0) is 31.6 Å². The molecule has 1 aliphatic carbocycles. The van der Waals surface area contributed by atoms with Crippen LogP contribution in [-0.4, -0.2) is 54.1 Å². The number of urea groups is 1. The number of likely N-dealkylation sites (tertiary alicyclic amines) is 1. The van der Waals surface area contributed by atoms with Crippen LogP contribution >= 0.6 is 0 Å². The fourth-order valence-electron chi connectivity index (χ4n) is 2.27. The van der Waals surface area contributed by atoms with Crippen LogP contribution in [0.3, 0.4) is 0 Å². The number of carbonyl (C=O) groups is 3. The zero-order valence-corrected chi connectivity index (χ0v) is 11.4. The van der Waals surface area contributed by atoms with E-state index < -0.39 is 11.9 Å². The Bertz CT molecular complexity index is 395. The Hall–Kier alpha value is -1.79. The maximum Gasteiger partial charge on any atom is 0.317 e. The number of hydrogen-bond donors (Lipinski definition) is 3. The van der Waals surface area contributed by atoms with Crippen molar-refractivity contribution in [2.45, 2.75) is 25.7 Å². The first-order valence-corrected chi connectivity index (χ1v) is 7.08. The zero-order chi connectivity index (χ0) is 14.5. The minimum absolute atomic E-state index is 0.0558. The van der Waals surface area contributed by atoms with Crippen LogP contribution in [-0.2, 0) is 9.59 Å². The summed E-state index contributed by atoms with van der Waals surface area (Å²) in [5, 5.41) is 14.3. The number of carbonyl (C=O) groups excluding carboxylic acids is 2. The van der Waals surface area contributed by atoms with Crippen molar-refractivity contribution in [3.8, 4) is 0 Å². The third kappa shape index (κ3) is 4.40. The van der Waals surface area contributed by atoms with Crippen molar-refractivity contribution in [2.24, 2.45) is 11.8 Å². The van der Waals surface area contributed by atoms with Crippen molar-refractivity contribution in [3.63, 3.8) is 0 Å². The van der Waals surface area contributed by atoms with E-state index in [2.05, 4.69) is 10.6 Å². The van der Waals surface area contributed by atoms with Gasteiger partial charge in [0.1, 0.15) is 0 Å². The van der Waals surface area contributed by atoms with Gasteiger partial charge in [0, 0.05) is 19.6 Å². The molecule has 0 spiro atoms. The quantitative estimate of drug-likeness (QED) is 0.662. The summed E-state index contributed by atoms with van der Waals surface area (Å²) in [5.41, 5.74) is 0. The minimum Gasteiger partial charge on any atom is -0.481 e. The molecule has 0 aromatic heterocycles. The first-order valence-electron chi connectivity index (χ1n) is 7.08. The summed E-state index contributed by atoms with van der Waals surface area (Å²) < 4.78 is 0. The molecule has 20 heavy (non-hydrogen) atoms. The number of carboxylic acids is 1. The predicted octanol–water partition coefficient (Wildman–Crippen LogP) is 0.0188. The Morgan fingerprint density at radius 3 is 2.55 bits per heavy atom. The van der Waals surface area contributed by atoms with Gasteiger partial charge in [-0.25, -0.2) is 4.79 Å². The Kier molecular flexibility index (Phi) is 4.81. The van der Waals surface area contributed by atoms with E-state index in [4.69, 9.17) is 5.11 Å². The van der Waals surface area contributed by atoms with Gasteiger partial charge in [0.2, 0.25) is 5.91 Å². The third-order valence-electron chi connectivity index (χ3n) is 3.74. The number of aliphatic carboxylic acids is 1. The van der Waals surface area contributed by atoms with Gasteiger partial charge in [0.25, 0.3) is 0 Å². The molecule has 1 saturated carbocycles. The van der Waals surface area contributed by atoms with Gasteiger partial charge < -0.3 is 20.6 Å². The lowest BCUT2D eigenvalue weighted by Gasteiger charge is -2.30. The fourth-order valence-corrected chi connectivity index (χ4v) is 2.27. The van der Waals surface area contributed by atoms with Gasteiger partial charge in [-0.1, -0.05) is 0 Å². The third-order valence-corrected chi connectivity index (χ3v) is 3.74. The fraction of sp³-hybridized carbons (Fsp3) is 0.769. The molecule has 7 nitrogen and oxygen atoms in total. The molecular formula is C13H21N3O4. The van der Waals surface area contributed by atoms with E-state index in [-0.39, 0.29) is 25.0 Å². The van der Waals surface area contributed by atoms with Gasteiger partial charge in [0.15, 0.2) is 0 Å². The van der Waals surface area contributed by atoms with E-state index in [1.54, 1.807) is 0 Å². The second-order valence-electron chi connectivity index (χ2n) is 5.53. The van der Waals surface area contributed by atoms with Gasteiger partial charge in [-0.3, -0.25) is 9.59 Å². The van der Waals surface area contributed by atoms with Crippen molar-refractivity contribution in [1.82, 2.24) is 15.5 Å². The van der Waals surface area contributed by atoms with E-state index in [9.17, 15) is 14.4 Å². The molecule has 1 aliphatic heterocycles. The van der Waals surface area contributed by atoms with Crippen LogP contribution in [0.15, 0.2) is 0 Å². The molecule has 3 N–H and O–H groups in total. The summed E-state index contributed by atoms with van der Waals surface area (Å²) in [7, 11) is 0. The van der Waals surface area contributed by atoms with Crippen LogP contribution in [0.1, 0.15) is 25.7 Å². The highest BCUT2D eigenvalue weighted by Gasteiger charge is 2.28. The highest BCUT2D eigenvalue weighted by atomic mass is 16.4. The Morgan fingerprint density at radius 1 is 1.15 bits per heavy atom. The number of hydrogen-bond acceptors (Lipinski definition) is 3. The highest BCUT2D eigenvalue weighted by Crippen LogP contribution is 2.27. The number of rotatable bonds is 5. The summed E-state index contributed by atoms with van der Waals surface area (Å²) >= 11 is 0. The van der Waals surface area contributed by atoms with Crippen molar-refractivity contribution >= 4 is 17.9 Å². The van der Waals surface area contributed by atoms with E-state index in [1.165, 1.54) is 4.90 Å². The lowest BCUT2D eigenvalue weighted by atomic mass is 9.99. The van der Waals surface area contributed by atoms with Crippen molar-refractivity contribution < 1.29 is 19.5 Å². The monoisotopic (exact) mass is 283 g/mol. The topological polar surface area (TPSA) is 98.7 Å². The standard InChI is InChI=1S/C13H21N3O4/c17-11(14-6-9-3-4-9)7-15-13(20)16-5-1-2-10(8-16)12(18)19/h9-10H,1-8H2,(H,14,17)(H,15,20)(H,18,19). The maximum atomic E-state index is 11.9. The van der Waals surface area contributed by atoms with Crippen LogP contribution < -0.4 is 10.6 Å². The van der Waals surface area contributed by atoms with Crippen LogP contribution in [0.4, 0.5) is 4.79 Å². The first-order chi connectivity index (χ1) is 9.56. The molecule has 1 saturated heterocycles. The van der Waals surface area contributed by atoms with Crippen LogP contribution in [0, 0.1) is 11.8 Å². The van der Waals surface area contributed by atoms with Crippen molar-refractivity contribution in [3.05, 3.63) is 0 Å². The second kappa shape index (κ2) is 6.58. The minimum atomic E-state index is -0.871. The molecule has 0 radical (unpaired) electrons. The molecule has 2 fully saturated rings. The second-order valence-corrected chi connectivity index (χ2v) is 5.53. The molecule has 2 aliphatic rings. The molecule has 1 heterocycles. The number of nitrogens with zero attached hydrogens (tertiary/aromatic N) is 1. The Labute approximate surface area is 117 Å². The predicted molar refractivity (Wildman–Crippen MR) is 71.1 cm³/mol. The molecule has 3 amide bonds. The normalized spacial score (nSPS) is 22.2. The van der Waals surface area contributed by atoms with E-state index in [1.807, 2.05) is 0 Å².